The number of hydrogen-bond acceptors (Lipinski definition) is 7. The van der Waals surface area contributed by atoms with Gasteiger partial charge in [0.1, 0.15) is 5.56 Å². The zero-order valence-corrected chi connectivity index (χ0v) is 20.3. The summed E-state index contributed by atoms with van der Waals surface area (Å²) in [6, 6.07) is 13.2. The number of hydrogen-bond donors (Lipinski definition) is 2. The van der Waals surface area contributed by atoms with Gasteiger partial charge in [-0.1, -0.05) is 29.3 Å². The normalized spacial score (nSPS) is 17.2. The van der Waals surface area contributed by atoms with Crippen molar-refractivity contribution in [2.45, 2.75) is 19.6 Å². The zero-order chi connectivity index (χ0) is 23.9. The highest BCUT2D eigenvalue weighted by Gasteiger charge is 2.43. The largest absolute Gasteiger partial charge is 0.450 e. The summed E-state index contributed by atoms with van der Waals surface area (Å²) >= 11 is 12.8. The number of benzene rings is 2. The molecule has 0 aliphatic carbocycles. The molecule has 1 aromatic heterocycles. The Kier molecular flexibility index (Phi) is 5.97. The van der Waals surface area contributed by atoms with Crippen LogP contribution >= 0.6 is 23.2 Å². The lowest BCUT2D eigenvalue weighted by atomic mass is 10.1. The van der Waals surface area contributed by atoms with Crippen LogP contribution in [-0.2, 0) is 0 Å². The van der Waals surface area contributed by atoms with Gasteiger partial charge in [-0.3, -0.25) is 9.69 Å². The maximum atomic E-state index is 13.4. The lowest BCUT2D eigenvalue weighted by Gasteiger charge is -2.42. The molecular weight excluding hydrogens is 475 g/mol. The Balaban J connectivity index is 1.39. The third kappa shape index (κ3) is 4.24. The number of anilines is 4. The molecule has 3 heterocycles. The van der Waals surface area contributed by atoms with Gasteiger partial charge in [0, 0.05) is 43.8 Å². The number of para-hydroxylation sites is 1. The molecule has 0 unspecified atom stereocenters. The third-order valence-electron chi connectivity index (χ3n) is 5.84. The van der Waals surface area contributed by atoms with E-state index in [0.29, 0.717) is 21.7 Å². The average molecular weight is 499 g/mol. The van der Waals surface area contributed by atoms with E-state index in [-0.39, 0.29) is 17.4 Å². The molecule has 2 aliphatic rings. The molecule has 2 aromatic carbocycles. The molecule has 34 heavy (non-hydrogen) atoms. The Morgan fingerprint density at radius 2 is 1.74 bits per heavy atom. The molecule has 0 atom stereocenters. The highest BCUT2D eigenvalue weighted by Crippen LogP contribution is 2.42. The fourth-order valence-electron chi connectivity index (χ4n) is 4.18. The third-order valence-corrected chi connectivity index (χ3v) is 6.45. The maximum Gasteiger partial charge on any atom is 0.268 e. The van der Waals surface area contributed by atoms with E-state index in [1.165, 1.54) is 16.8 Å². The van der Waals surface area contributed by atoms with Crippen molar-refractivity contribution >= 4 is 52.1 Å². The van der Waals surface area contributed by atoms with Gasteiger partial charge in [-0.25, -0.2) is 4.98 Å². The first-order valence-electron chi connectivity index (χ1n) is 11.0. The lowest BCUT2D eigenvalue weighted by Crippen LogP contribution is -2.55. The number of aromatic nitrogens is 2. The molecule has 1 saturated heterocycles. The summed E-state index contributed by atoms with van der Waals surface area (Å²) in [5.41, 5.74) is 1.56. The fraction of sp³-hybridized carbons (Fsp3) is 0.292. The van der Waals surface area contributed by atoms with Gasteiger partial charge < -0.3 is 20.3 Å². The van der Waals surface area contributed by atoms with Crippen molar-refractivity contribution in [3.05, 3.63) is 64.3 Å². The van der Waals surface area contributed by atoms with Crippen LogP contribution < -0.4 is 25.2 Å². The van der Waals surface area contributed by atoms with Crippen molar-refractivity contribution in [1.82, 2.24) is 15.3 Å². The molecule has 2 N–H and O–H groups in total. The minimum atomic E-state index is -1.07. The lowest BCUT2D eigenvalue weighted by molar-refractivity contribution is 0.0606. The molecule has 0 bridgehead atoms. The van der Waals surface area contributed by atoms with Crippen molar-refractivity contribution in [2.75, 3.05) is 41.3 Å². The Morgan fingerprint density at radius 3 is 2.41 bits per heavy atom. The van der Waals surface area contributed by atoms with E-state index in [0.717, 1.165) is 31.9 Å². The number of fused-ring (bicyclic) bond motifs is 1. The number of amides is 1. The van der Waals surface area contributed by atoms with Crippen LogP contribution in [0.15, 0.2) is 48.7 Å². The second kappa shape index (κ2) is 8.94. The second-order valence-corrected chi connectivity index (χ2v) is 9.40. The highest BCUT2D eigenvalue weighted by atomic mass is 35.5. The number of rotatable bonds is 4. The Morgan fingerprint density at radius 1 is 1.06 bits per heavy atom. The Bertz CT molecular complexity index is 1210. The average Bonchev–Trinajstić information content (AvgIpc) is 2.81. The van der Waals surface area contributed by atoms with Crippen LogP contribution in [0.25, 0.3) is 0 Å². The van der Waals surface area contributed by atoms with Crippen LogP contribution in [0.5, 0.6) is 5.88 Å². The molecular formula is C24H24Cl2N6O2. The van der Waals surface area contributed by atoms with E-state index in [4.69, 9.17) is 27.9 Å². The van der Waals surface area contributed by atoms with Crippen LogP contribution in [0.2, 0.25) is 10.0 Å². The fourth-order valence-corrected chi connectivity index (χ4v) is 4.75. The van der Waals surface area contributed by atoms with Crippen LogP contribution in [0.4, 0.5) is 23.0 Å². The summed E-state index contributed by atoms with van der Waals surface area (Å²) in [4.78, 5) is 26.0. The van der Waals surface area contributed by atoms with Gasteiger partial charge in [0.2, 0.25) is 11.8 Å². The molecule has 1 fully saturated rings. The number of ether oxygens (including phenoxy) is 1. The van der Waals surface area contributed by atoms with Crippen molar-refractivity contribution < 1.29 is 9.53 Å². The summed E-state index contributed by atoms with van der Waals surface area (Å²) in [6.45, 7) is 7.46. The topological polar surface area (TPSA) is 82.6 Å². The molecule has 8 nitrogen and oxygen atoms in total. The van der Waals surface area contributed by atoms with Crippen LogP contribution in [0, 0.1) is 0 Å². The van der Waals surface area contributed by atoms with Gasteiger partial charge in [-0.2, -0.15) is 4.98 Å². The van der Waals surface area contributed by atoms with E-state index in [1.807, 2.05) is 12.1 Å². The number of piperazine rings is 1. The smallest absolute Gasteiger partial charge is 0.268 e. The molecule has 3 aromatic rings. The summed E-state index contributed by atoms with van der Waals surface area (Å²) in [7, 11) is 0. The van der Waals surface area contributed by atoms with Gasteiger partial charge in [0.25, 0.3) is 5.91 Å². The molecule has 0 saturated carbocycles. The van der Waals surface area contributed by atoms with E-state index >= 15 is 0 Å². The molecule has 2 aliphatic heterocycles. The maximum absolute atomic E-state index is 13.4. The minimum Gasteiger partial charge on any atom is -0.450 e. The van der Waals surface area contributed by atoms with Crippen molar-refractivity contribution in [2.24, 2.45) is 0 Å². The molecule has 176 valence electrons. The van der Waals surface area contributed by atoms with E-state index in [9.17, 15) is 4.79 Å². The monoisotopic (exact) mass is 498 g/mol. The molecule has 5 rings (SSSR count). The van der Waals surface area contributed by atoms with Gasteiger partial charge in [0.05, 0.1) is 15.7 Å². The summed E-state index contributed by atoms with van der Waals surface area (Å²) < 4.78 is 6.13. The van der Waals surface area contributed by atoms with Crippen LogP contribution in [0.1, 0.15) is 24.2 Å². The van der Waals surface area contributed by atoms with Gasteiger partial charge in [-0.15, -0.1) is 0 Å². The summed E-state index contributed by atoms with van der Waals surface area (Å²) in [5, 5.41) is 7.25. The first-order chi connectivity index (χ1) is 16.3. The van der Waals surface area contributed by atoms with Crippen molar-refractivity contribution in [3.8, 4) is 5.88 Å². The molecule has 0 radical (unpaired) electrons. The van der Waals surface area contributed by atoms with E-state index < -0.39 is 5.72 Å². The van der Waals surface area contributed by atoms with Gasteiger partial charge in [-0.05, 0) is 50.2 Å². The Labute approximate surface area is 207 Å². The number of nitrogens with zero attached hydrogens (tertiary/aromatic N) is 4. The van der Waals surface area contributed by atoms with Crippen LogP contribution in [-0.4, -0.2) is 47.8 Å². The van der Waals surface area contributed by atoms with Crippen LogP contribution in [0.3, 0.4) is 0 Å². The molecule has 0 spiro atoms. The highest BCUT2D eigenvalue weighted by molar-refractivity contribution is 6.40. The van der Waals surface area contributed by atoms with Crippen molar-refractivity contribution in [3.63, 3.8) is 0 Å². The predicted octanol–water partition coefficient (Wildman–Crippen LogP) is 4.71. The standard InChI is InChI=1S/C24H24Cl2N6O2/c1-24(2)32(20-18(25)4-3-5-19(20)26)22(33)17-14-28-23(30-21(17)34-24)29-15-6-8-16(9-7-15)31-12-10-27-11-13-31/h3-9,14,27H,10-13H2,1-2H3,(H,28,29,30). The summed E-state index contributed by atoms with van der Waals surface area (Å²) in [6.07, 6.45) is 1.45. The number of halogens is 2. The second-order valence-electron chi connectivity index (χ2n) is 8.58. The molecule has 10 heteroatoms. The first-order valence-corrected chi connectivity index (χ1v) is 11.8. The number of carbonyl (C=O) groups excluding carboxylic acids is 1. The summed E-state index contributed by atoms with van der Waals surface area (Å²) in [5.74, 6) is 0.194. The quantitative estimate of drug-likeness (QED) is 0.538. The zero-order valence-electron chi connectivity index (χ0n) is 18.8. The predicted molar refractivity (Wildman–Crippen MR) is 135 cm³/mol. The van der Waals surface area contributed by atoms with Crippen molar-refractivity contribution in [1.29, 1.82) is 0 Å². The number of nitrogens with one attached hydrogen (secondary N) is 2. The number of carbonyl (C=O) groups is 1. The van der Waals surface area contributed by atoms with Gasteiger partial charge >= 0.3 is 0 Å². The first kappa shape index (κ1) is 22.7. The Hall–Kier alpha value is -3.07. The van der Waals surface area contributed by atoms with Gasteiger partial charge in [0.15, 0.2) is 5.72 Å². The van der Waals surface area contributed by atoms with E-state index in [1.54, 1.807) is 32.0 Å². The minimum absolute atomic E-state index is 0.198. The molecule has 1 amide bonds. The SMILES string of the molecule is CC1(C)Oc2nc(Nc3ccc(N4CCNCC4)cc3)ncc2C(=O)N1c1c(Cl)cccc1Cl. The van der Waals surface area contributed by atoms with E-state index in [2.05, 4.69) is 37.6 Å².